The van der Waals surface area contributed by atoms with Crippen LogP contribution in [0.4, 0.5) is 10.1 Å². The van der Waals surface area contributed by atoms with Crippen LogP contribution < -0.4 is 19.1 Å². The summed E-state index contributed by atoms with van der Waals surface area (Å²) >= 11 is 0. The van der Waals surface area contributed by atoms with Crippen LogP contribution in [0.25, 0.3) is 0 Å². The standard InChI is InChI=1S/C37H42FN3O6S/c1-26-12-19-31(20-13-26)48(44,45)41(30-18-21-33(46-5)34(23-30)47-6)25-35(42)40(24-28-14-16-29(38)17-15-28)32(36(43)39-37(2,3)4)22-27-10-8-7-9-11-27/h7-21,23,32H,22,24-25H2,1-6H3,(H,39,43)/t32-/m1/s1. The van der Waals surface area contributed by atoms with Gasteiger partial charge in [-0.3, -0.25) is 13.9 Å². The number of methoxy groups -OCH3 is 2. The van der Waals surface area contributed by atoms with Crippen molar-refractivity contribution in [3.8, 4) is 11.5 Å². The number of carbonyl (C=O) groups excluding carboxylic acids is 2. The van der Waals surface area contributed by atoms with Crippen molar-refractivity contribution < 1.29 is 31.9 Å². The Hall–Kier alpha value is -4.90. The number of hydrogen-bond donors (Lipinski definition) is 1. The lowest BCUT2D eigenvalue weighted by atomic mass is 10.0. The fraction of sp³-hybridized carbons (Fsp3) is 0.297. The van der Waals surface area contributed by atoms with Crippen molar-refractivity contribution >= 4 is 27.5 Å². The molecule has 1 atom stereocenters. The van der Waals surface area contributed by atoms with E-state index in [4.69, 9.17) is 9.47 Å². The minimum Gasteiger partial charge on any atom is -0.493 e. The van der Waals surface area contributed by atoms with Crippen molar-refractivity contribution in [2.75, 3.05) is 25.1 Å². The number of ether oxygens (including phenoxy) is 2. The number of anilines is 1. The minimum atomic E-state index is -4.32. The molecule has 0 aliphatic heterocycles. The Balaban J connectivity index is 1.85. The fourth-order valence-corrected chi connectivity index (χ4v) is 6.55. The van der Waals surface area contributed by atoms with Gasteiger partial charge in [-0.25, -0.2) is 12.8 Å². The molecule has 0 saturated heterocycles. The van der Waals surface area contributed by atoms with Gasteiger partial charge < -0.3 is 19.7 Å². The second-order valence-corrected chi connectivity index (χ2v) is 14.3. The zero-order valence-electron chi connectivity index (χ0n) is 28.1. The molecule has 9 nitrogen and oxygen atoms in total. The highest BCUT2D eigenvalue weighted by Crippen LogP contribution is 2.34. The molecular weight excluding hydrogens is 633 g/mol. The third kappa shape index (κ3) is 9.13. The highest BCUT2D eigenvalue weighted by Gasteiger charge is 2.36. The average molecular weight is 676 g/mol. The van der Waals surface area contributed by atoms with Crippen LogP contribution in [0.5, 0.6) is 11.5 Å². The predicted octanol–water partition coefficient (Wildman–Crippen LogP) is 5.90. The van der Waals surface area contributed by atoms with Crippen molar-refractivity contribution in [1.82, 2.24) is 10.2 Å². The van der Waals surface area contributed by atoms with Crippen LogP contribution >= 0.6 is 0 Å². The Morgan fingerprint density at radius 3 is 2.04 bits per heavy atom. The highest BCUT2D eigenvalue weighted by atomic mass is 32.2. The average Bonchev–Trinajstić information content (AvgIpc) is 3.05. The summed E-state index contributed by atoms with van der Waals surface area (Å²) in [5.74, 6) is -0.872. The normalized spacial score (nSPS) is 12.1. The van der Waals surface area contributed by atoms with Gasteiger partial charge in [0, 0.05) is 24.6 Å². The van der Waals surface area contributed by atoms with Crippen LogP contribution in [0.2, 0.25) is 0 Å². The van der Waals surface area contributed by atoms with E-state index in [0.717, 1.165) is 15.4 Å². The van der Waals surface area contributed by atoms with Crippen LogP contribution in [-0.2, 0) is 32.6 Å². The van der Waals surface area contributed by atoms with Gasteiger partial charge in [-0.05, 0) is 75.2 Å². The van der Waals surface area contributed by atoms with E-state index < -0.39 is 45.8 Å². The number of nitrogens with one attached hydrogen (secondary N) is 1. The van der Waals surface area contributed by atoms with E-state index in [2.05, 4.69) is 5.32 Å². The summed E-state index contributed by atoms with van der Waals surface area (Å²) in [6.07, 6.45) is 0.150. The summed E-state index contributed by atoms with van der Waals surface area (Å²) in [5.41, 5.74) is 1.75. The monoisotopic (exact) mass is 675 g/mol. The number of halogens is 1. The number of nitrogens with zero attached hydrogens (tertiary/aromatic N) is 2. The Labute approximate surface area is 282 Å². The summed E-state index contributed by atoms with van der Waals surface area (Å²) in [5, 5.41) is 2.99. The lowest BCUT2D eigenvalue weighted by molar-refractivity contribution is -0.140. The maximum Gasteiger partial charge on any atom is 0.264 e. The number of hydrogen-bond acceptors (Lipinski definition) is 6. The molecule has 2 amide bonds. The summed E-state index contributed by atoms with van der Waals surface area (Å²) in [7, 11) is -1.43. The van der Waals surface area contributed by atoms with Gasteiger partial charge in [0.25, 0.3) is 10.0 Å². The SMILES string of the molecule is COc1ccc(N(CC(=O)N(Cc2ccc(F)cc2)[C@H](Cc2ccccc2)C(=O)NC(C)(C)C)S(=O)(=O)c2ccc(C)cc2)cc1OC. The summed E-state index contributed by atoms with van der Waals surface area (Å²) < 4.78 is 54.3. The third-order valence-corrected chi connectivity index (χ3v) is 9.37. The van der Waals surface area contributed by atoms with Crippen LogP contribution in [-0.4, -0.2) is 57.5 Å². The molecule has 0 aliphatic carbocycles. The zero-order valence-corrected chi connectivity index (χ0v) is 28.9. The topological polar surface area (TPSA) is 105 Å². The van der Waals surface area contributed by atoms with Gasteiger partial charge >= 0.3 is 0 Å². The number of aryl methyl sites for hydroxylation is 1. The Morgan fingerprint density at radius 1 is 0.833 bits per heavy atom. The second kappa shape index (κ2) is 15.3. The number of rotatable bonds is 13. The summed E-state index contributed by atoms with van der Waals surface area (Å²) in [4.78, 5) is 29.9. The number of benzene rings is 4. The molecule has 0 aliphatic rings. The molecule has 0 fully saturated rings. The van der Waals surface area contributed by atoms with Crippen molar-refractivity contribution in [3.05, 3.63) is 120 Å². The first kappa shape index (κ1) is 35.9. The van der Waals surface area contributed by atoms with E-state index in [9.17, 15) is 22.4 Å². The Bertz CT molecular complexity index is 1810. The van der Waals surface area contributed by atoms with E-state index in [1.807, 2.05) is 58.0 Å². The van der Waals surface area contributed by atoms with E-state index in [0.29, 0.717) is 11.3 Å². The molecule has 0 radical (unpaired) electrons. The molecule has 4 rings (SSSR count). The molecule has 4 aromatic carbocycles. The first-order valence-corrected chi connectivity index (χ1v) is 16.9. The van der Waals surface area contributed by atoms with Gasteiger partial charge in [-0.15, -0.1) is 0 Å². The van der Waals surface area contributed by atoms with E-state index in [-0.39, 0.29) is 29.3 Å². The molecule has 0 heterocycles. The molecule has 0 saturated carbocycles. The quantitative estimate of drug-likeness (QED) is 0.189. The molecule has 0 bridgehead atoms. The highest BCUT2D eigenvalue weighted by molar-refractivity contribution is 7.92. The zero-order chi connectivity index (χ0) is 35.1. The lowest BCUT2D eigenvalue weighted by Gasteiger charge is -2.35. The van der Waals surface area contributed by atoms with E-state index >= 15 is 0 Å². The molecule has 48 heavy (non-hydrogen) atoms. The predicted molar refractivity (Wildman–Crippen MR) is 184 cm³/mol. The van der Waals surface area contributed by atoms with Crippen molar-refractivity contribution in [3.63, 3.8) is 0 Å². The summed E-state index contributed by atoms with van der Waals surface area (Å²) in [6.45, 7) is 6.62. The first-order valence-electron chi connectivity index (χ1n) is 15.4. The van der Waals surface area contributed by atoms with Gasteiger partial charge in [0.05, 0.1) is 24.8 Å². The minimum absolute atomic E-state index is 0.0212. The van der Waals surface area contributed by atoms with Crippen molar-refractivity contribution in [2.45, 2.75) is 57.1 Å². The maximum absolute atomic E-state index is 14.6. The van der Waals surface area contributed by atoms with E-state index in [1.165, 1.54) is 67.7 Å². The third-order valence-electron chi connectivity index (χ3n) is 7.58. The van der Waals surface area contributed by atoms with Gasteiger partial charge in [0.2, 0.25) is 11.8 Å². The van der Waals surface area contributed by atoms with Gasteiger partial charge in [-0.1, -0.05) is 60.2 Å². The largest absolute Gasteiger partial charge is 0.493 e. The molecule has 4 aromatic rings. The Morgan fingerprint density at radius 2 is 1.46 bits per heavy atom. The molecule has 0 spiro atoms. The smallest absolute Gasteiger partial charge is 0.264 e. The first-order chi connectivity index (χ1) is 22.7. The van der Waals surface area contributed by atoms with Crippen LogP contribution in [0.3, 0.4) is 0 Å². The number of carbonyl (C=O) groups is 2. The molecule has 1 N–H and O–H groups in total. The summed E-state index contributed by atoms with van der Waals surface area (Å²) in [6, 6.07) is 24.7. The van der Waals surface area contributed by atoms with Crippen LogP contribution in [0, 0.1) is 12.7 Å². The molecule has 11 heteroatoms. The molecule has 254 valence electrons. The lowest BCUT2D eigenvalue weighted by Crippen LogP contribution is -2.56. The van der Waals surface area contributed by atoms with Gasteiger partial charge in [0.15, 0.2) is 11.5 Å². The molecular formula is C37H42FN3O6S. The number of sulfonamides is 1. The van der Waals surface area contributed by atoms with Crippen LogP contribution in [0.15, 0.2) is 102 Å². The molecule has 0 aromatic heterocycles. The van der Waals surface area contributed by atoms with Gasteiger partial charge in [-0.2, -0.15) is 0 Å². The maximum atomic E-state index is 14.6. The second-order valence-electron chi connectivity index (χ2n) is 12.5. The Kier molecular flexibility index (Phi) is 11.5. The van der Waals surface area contributed by atoms with Crippen molar-refractivity contribution in [1.29, 1.82) is 0 Å². The van der Waals surface area contributed by atoms with Gasteiger partial charge in [0.1, 0.15) is 18.4 Å². The number of amides is 2. The van der Waals surface area contributed by atoms with Crippen molar-refractivity contribution in [2.24, 2.45) is 0 Å². The van der Waals surface area contributed by atoms with E-state index in [1.54, 1.807) is 18.2 Å². The fourth-order valence-electron chi connectivity index (χ4n) is 5.14. The van der Waals surface area contributed by atoms with Crippen LogP contribution in [0.1, 0.15) is 37.5 Å². The molecule has 0 unspecified atom stereocenters.